The molecule has 11 nitrogen and oxygen atoms in total. The zero-order chi connectivity index (χ0) is 37.6. The molecule has 51 heavy (non-hydrogen) atoms. The summed E-state index contributed by atoms with van der Waals surface area (Å²) in [5.41, 5.74) is 1.79. The average Bonchev–Trinajstić information content (AvgIpc) is 3.65. The summed E-state index contributed by atoms with van der Waals surface area (Å²) in [5, 5.41) is 35.8. The normalized spacial score (nSPS) is 13.0. The van der Waals surface area contributed by atoms with Crippen molar-refractivity contribution in [3.05, 3.63) is 135 Å². The van der Waals surface area contributed by atoms with Crippen molar-refractivity contribution in [2.45, 2.75) is 38.1 Å². The molecule has 14 heteroatoms. The van der Waals surface area contributed by atoms with Crippen LogP contribution in [0.1, 0.15) is 30.4 Å². The summed E-state index contributed by atoms with van der Waals surface area (Å²) in [5.74, 6) is -3.02. The maximum atomic E-state index is 11.1. The highest BCUT2D eigenvalue weighted by atomic mass is 35.5. The number of rotatable bonds is 11. The molecule has 1 heterocycles. The van der Waals surface area contributed by atoms with E-state index < -0.39 is 36.3 Å². The van der Waals surface area contributed by atoms with E-state index in [1.165, 1.54) is 0 Å². The fourth-order valence-electron chi connectivity index (χ4n) is 3.81. The fourth-order valence-corrected chi connectivity index (χ4v) is 4.19. The van der Waals surface area contributed by atoms with Gasteiger partial charge in [0.15, 0.2) is 6.10 Å². The summed E-state index contributed by atoms with van der Waals surface area (Å²) in [6.45, 7) is 0.608. The van der Waals surface area contributed by atoms with Crippen LogP contribution in [0.2, 0.25) is 15.1 Å². The van der Waals surface area contributed by atoms with Gasteiger partial charge in [-0.3, -0.25) is 9.59 Å². The molecule has 1 unspecified atom stereocenters. The van der Waals surface area contributed by atoms with Gasteiger partial charge in [-0.25, -0.2) is 9.59 Å². The van der Waals surface area contributed by atoms with E-state index in [1.807, 2.05) is 30.3 Å². The predicted molar refractivity (Wildman–Crippen MR) is 193 cm³/mol. The largest absolute Gasteiger partial charge is 0.481 e. The van der Waals surface area contributed by atoms with E-state index in [9.17, 15) is 19.2 Å². The van der Waals surface area contributed by atoms with E-state index in [0.717, 1.165) is 17.5 Å². The number of carbonyl (C=O) groups is 4. The molecule has 1 saturated heterocycles. The molecule has 270 valence electrons. The third-order valence-electron chi connectivity index (χ3n) is 6.19. The Hall–Kier alpha value is -5.07. The predicted octanol–water partition coefficient (Wildman–Crippen LogP) is 8.25. The van der Waals surface area contributed by atoms with Crippen molar-refractivity contribution in [1.29, 1.82) is 0 Å². The lowest BCUT2D eigenvalue weighted by Gasteiger charge is -2.16. The van der Waals surface area contributed by atoms with Crippen molar-refractivity contribution in [3.63, 3.8) is 0 Å². The van der Waals surface area contributed by atoms with Crippen LogP contribution in [0.3, 0.4) is 0 Å². The average molecular weight is 762 g/mol. The van der Waals surface area contributed by atoms with Gasteiger partial charge in [0.05, 0.1) is 12.8 Å². The standard InChI is InChI=1S/C14H10Cl2O4.C10H10O2.C8H7ClO2.C5H8O3/c15-9-1-5-11(6-2-9)19-14(13(17)18)20-12-7-3-10(16)4-8-12;11-10(12)8-4-7-9-5-2-1-3-6-9;9-7-3-1-6(2-4-7)5-8(10)11;6-5(7)4-2-1-3-8-4/h1-8,14H,(H,17,18);1-7H,8H2,(H,11,12);1-4H,5H2,(H,10,11);4H,1-3H2,(H,6,7)/b;7-4+;;. The molecule has 0 aliphatic carbocycles. The van der Waals surface area contributed by atoms with Crippen molar-refractivity contribution in [1.82, 2.24) is 0 Å². The molecule has 1 atom stereocenters. The molecule has 5 rings (SSSR count). The van der Waals surface area contributed by atoms with Gasteiger partial charge < -0.3 is 34.6 Å². The van der Waals surface area contributed by atoms with Gasteiger partial charge in [-0.2, -0.15) is 0 Å². The van der Waals surface area contributed by atoms with Crippen LogP contribution in [0.5, 0.6) is 11.5 Å². The molecule has 1 aliphatic rings. The van der Waals surface area contributed by atoms with Gasteiger partial charge in [-0.15, -0.1) is 0 Å². The molecule has 0 radical (unpaired) electrons. The topological polar surface area (TPSA) is 177 Å². The Morgan fingerprint density at radius 3 is 1.57 bits per heavy atom. The van der Waals surface area contributed by atoms with Crippen LogP contribution >= 0.6 is 34.8 Å². The first-order chi connectivity index (χ1) is 24.3. The maximum Gasteiger partial charge on any atom is 0.387 e. The van der Waals surface area contributed by atoms with E-state index in [2.05, 4.69) is 0 Å². The number of benzene rings is 4. The number of carboxylic acids is 4. The first-order valence-corrected chi connectivity index (χ1v) is 16.3. The number of hydrogen-bond donors (Lipinski definition) is 4. The lowest BCUT2D eigenvalue weighted by Crippen LogP contribution is -2.33. The summed E-state index contributed by atoms with van der Waals surface area (Å²) in [6, 6.07) is 29.0. The smallest absolute Gasteiger partial charge is 0.387 e. The van der Waals surface area contributed by atoms with E-state index in [4.69, 9.17) is 69.4 Å². The Labute approximate surface area is 309 Å². The van der Waals surface area contributed by atoms with E-state index in [1.54, 1.807) is 84.9 Å². The lowest BCUT2D eigenvalue weighted by molar-refractivity contribution is -0.158. The van der Waals surface area contributed by atoms with Crippen LogP contribution in [-0.2, 0) is 30.3 Å². The molecular formula is C37H35Cl3O11. The number of halogens is 3. The number of aliphatic carboxylic acids is 4. The summed E-state index contributed by atoms with van der Waals surface area (Å²) < 4.78 is 15.3. The van der Waals surface area contributed by atoms with Gasteiger partial charge in [0.2, 0.25) is 0 Å². The van der Waals surface area contributed by atoms with Crippen LogP contribution in [0.15, 0.2) is 109 Å². The quantitative estimate of drug-likeness (QED) is 0.108. The van der Waals surface area contributed by atoms with Gasteiger partial charge in [-0.05, 0) is 84.6 Å². The molecule has 0 bridgehead atoms. The molecule has 4 aromatic carbocycles. The van der Waals surface area contributed by atoms with Crippen LogP contribution in [0, 0.1) is 0 Å². The first-order valence-electron chi connectivity index (χ1n) is 15.1. The van der Waals surface area contributed by atoms with Gasteiger partial charge in [0.25, 0.3) is 0 Å². The Balaban J connectivity index is 0.000000251. The maximum absolute atomic E-state index is 11.1. The highest BCUT2D eigenvalue weighted by Gasteiger charge is 2.22. The Bertz CT molecular complexity index is 1630. The molecule has 4 N–H and O–H groups in total. The monoisotopic (exact) mass is 760 g/mol. The minimum atomic E-state index is -1.46. The van der Waals surface area contributed by atoms with Crippen molar-refractivity contribution < 1.29 is 53.8 Å². The van der Waals surface area contributed by atoms with Gasteiger partial charge >= 0.3 is 30.2 Å². The number of carboxylic acid groups (broad SMARTS) is 4. The molecule has 1 fully saturated rings. The van der Waals surface area contributed by atoms with Crippen LogP contribution in [0.4, 0.5) is 0 Å². The van der Waals surface area contributed by atoms with E-state index in [-0.39, 0.29) is 12.8 Å². The van der Waals surface area contributed by atoms with Crippen LogP contribution in [0.25, 0.3) is 6.08 Å². The molecule has 4 aromatic rings. The lowest BCUT2D eigenvalue weighted by atomic mass is 10.2. The second-order valence-corrected chi connectivity index (χ2v) is 11.6. The summed E-state index contributed by atoms with van der Waals surface area (Å²) in [4.78, 5) is 41.6. The van der Waals surface area contributed by atoms with Crippen molar-refractivity contribution >= 4 is 64.8 Å². The zero-order valence-electron chi connectivity index (χ0n) is 26.9. The minimum Gasteiger partial charge on any atom is -0.481 e. The second kappa shape index (κ2) is 23.4. The van der Waals surface area contributed by atoms with Gasteiger partial charge in [0, 0.05) is 21.7 Å². The summed E-state index contributed by atoms with van der Waals surface area (Å²) in [6.07, 6.45) is 3.15. The van der Waals surface area contributed by atoms with Crippen molar-refractivity contribution in [3.8, 4) is 11.5 Å². The minimum absolute atomic E-state index is 0.0527. The van der Waals surface area contributed by atoms with Crippen molar-refractivity contribution in [2.24, 2.45) is 0 Å². The Kier molecular flexibility index (Phi) is 19.3. The fraction of sp³-hybridized carbons (Fsp3) is 0.189. The zero-order valence-corrected chi connectivity index (χ0v) is 29.2. The molecule has 0 spiro atoms. The van der Waals surface area contributed by atoms with E-state index >= 15 is 0 Å². The molecular weight excluding hydrogens is 727 g/mol. The van der Waals surface area contributed by atoms with Crippen molar-refractivity contribution in [2.75, 3.05) is 6.61 Å². The van der Waals surface area contributed by atoms with Crippen LogP contribution < -0.4 is 9.47 Å². The first kappa shape index (κ1) is 42.1. The SMILES string of the molecule is O=C(O)C(Oc1ccc(Cl)cc1)Oc1ccc(Cl)cc1.O=C(O)C/C=C/c1ccccc1.O=C(O)C1CCCO1.O=C(O)Cc1ccc(Cl)cc1. The highest BCUT2D eigenvalue weighted by molar-refractivity contribution is 6.31. The third-order valence-corrected chi connectivity index (χ3v) is 6.95. The third kappa shape index (κ3) is 19.0. The second-order valence-electron chi connectivity index (χ2n) is 10.3. The molecule has 0 aromatic heterocycles. The summed E-state index contributed by atoms with van der Waals surface area (Å²) in [7, 11) is 0. The molecule has 1 aliphatic heterocycles. The molecule has 0 amide bonds. The molecule has 0 saturated carbocycles. The Morgan fingerprint density at radius 1 is 0.706 bits per heavy atom. The van der Waals surface area contributed by atoms with E-state index in [0.29, 0.717) is 39.6 Å². The van der Waals surface area contributed by atoms with Crippen LogP contribution in [-0.4, -0.2) is 63.3 Å². The van der Waals surface area contributed by atoms with Gasteiger partial charge in [0.1, 0.15) is 11.5 Å². The summed E-state index contributed by atoms with van der Waals surface area (Å²) >= 11 is 17.1. The Morgan fingerprint density at radius 2 is 1.20 bits per heavy atom. The highest BCUT2D eigenvalue weighted by Crippen LogP contribution is 2.21. The number of ether oxygens (including phenoxy) is 3. The number of hydrogen-bond acceptors (Lipinski definition) is 7. The van der Waals surface area contributed by atoms with Gasteiger partial charge in [-0.1, -0.05) is 89.4 Å².